The Kier molecular flexibility index (Phi) is 2.72. The lowest BCUT2D eigenvalue weighted by Crippen LogP contribution is -2.21. The highest BCUT2D eigenvalue weighted by molar-refractivity contribution is 5.94. The Morgan fingerprint density at radius 3 is 2.59 bits per heavy atom. The number of carbonyl (C=O) groups is 1. The molecule has 0 atom stereocenters. The molecule has 0 fully saturated rings. The summed E-state index contributed by atoms with van der Waals surface area (Å²) >= 11 is 0. The van der Waals surface area contributed by atoms with Gasteiger partial charge in [-0.25, -0.2) is 4.79 Å². The number of amides is 1. The number of rotatable bonds is 2. The fraction of sp³-hybridized carbons (Fsp3) is 0.273. The van der Waals surface area contributed by atoms with Crippen molar-refractivity contribution in [3.8, 4) is 0 Å². The van der Waals surface area contributed by atoms with Gasteiger partial charge in [-0.05, 0) is 18.2 Å². The van der Waals surface area contributed by atoms with Crippen LogP contribution >= 0.6 is 0 Å². The molecule has 1 amide bonds. The predicted molar refractivity (Wildman–Crippen MR) is 65.8 cm³/mol. The molecule has 0 unspecified atom stereocenters. The first-order chi connectivity index (χ1) is 8.04. The number of imidazole rings is 1. The third kappa shape index (κ3) is 1.83. The topological polar surface area (TPSA) is 82.0 Å². The van der Waals surface area contributed by atoms with Crippen molar-refractivity contribution >= 4 is 22.6 Å². The molecule has 0 aliphatic carbocycles. The third-order valence-electron chi connectivity index (χ3n) is 2.74. The second-order valence-corrected chi connectivity index (χ2v) is 3.86. The van der Waals surface area contributed by atoms with Gasteiger partial charge in [0.05, 0.1) is 17.6 Å². The second kappa shape index (κ2) is 4.06. The number of nitrogens with two attached hydrogens (primary N) is 1. The van der Waals surface area contributed by atoms with Crippen LogP contribution in [0.5, 0.6) is 0 Å². The zero-order valence-electron chi connectivity index (χ0n) is 9.73. The van der Waals surface area contributed by atoms with E-state index in [9.17, 15) is 9.59 Å². The van der Waals surface area contributed by atoms with E-state index in [0.717, 1.165) is 11.0 Å². The monoisotopic (exact) mass is 234 g/mol. The Hall–Kier alpha value is -2.08. The lowest BCUT2D eigenvalue weighted by Gasteiger charge is -2.04. The maximum atomic E-state index is 11.7. The van der Waals surface area contributed by atoms with Gasteiger partial charge in [0, 0.05) is 19.8 Å². The summed E-state index contributed by atoms with van der Waals surface area (Å²) in [6.07, 6.45) is 0. The van der Waals surface area contributed by atoms with E-state index >= 15 is 0 Å². The van der Waals surface area contributed by atoms with Gasteiger partial charge in [0.15, 0.2) is 0 Å². The van der Waals surface area contributed by atoms with Crippen molar-refractivity contribution < 1.29 is 4.79 Å². The molecule has 0 saturated heterocycles. The highest BCUT2D eigenvalue weighted by atomic mass is 16.2. The largest absolute Gasteiger partial charge is 0.328 e. The van der Waals surface area contributed by atoms with Crippen molar-refractivity contribution in [3.05, 3.63) is 28.7 Å². The lowest BCUT2D eigenvalue weighted by atomic mass is 10.2. The first-order valence-electron chi connectivity index (χ1n) is 5.20. The average Bonchev–Trinajstić information content (AvgIpc) is 2.54. The molecular formula is C11H14N4O2. The lowest BCUT2D eigenvalue weighted by molar-refractivity contribution is -0.114. The van der Waals surface area contributed by atoms with Gasteiger partial charge in [0.1, 0.15) is 0 Å². The van der Waals surface area contributed by atoms with Crippen LogP contribution in [0, 0.1) is 0 Å². The molecule has 0 bridgehead atoms. The van der Waals surface area contributed by atoms with E-state index in [1.807, 2.05) is 0 Å². The first-order valence-corrected chi connectivity index (χ1v) is 5.20. The number of benzene rings is 1. The molecular weight excluding hydrogens is 220 g/mol. The Balaban J connectivity index is 2.54. The summed E-state index contributed by atoms with van der Waals surface area (Å²) in [4.78, 5) is 22.9. The van der Waals surface area contributed by atoms with E-state index in [0.29, 0.717) is 5.69 Å². The summed E-state index contributed by atoms with van der Waals surface area (Å²) in [7, 11) is 3.40. The summed E-state index contributed by atoms with van der Waals surface area (Å²) in [5, 5.41) is 2.65. The van der Waals surface area contributed by atoms with Crippen molar-refractivity contribution in [1.82, 2.24) is 9.13 Å². The van der Waals surface area contributed by atoms with E-state index in [2.05, 4.69) is 5.32 Å². The minimum Gasteiger partial charge on any atom is -0.325 e. The smallest absolute Gasteiger partial charge is 0.325 e. The molecule has 90 valence electrons. The Morgan fingerprint density at radius 2 is 1.94 bits per heavy atom. The molecule has 0 aliphatic heterocycles. The third-order valence-corrected chi connectivity index (χ3v) is 2.74. The Bertz CT molecular complexity index is 639. The molecule has 17 heavy (non-hydrogen) atoms. The van der Waals surface area contributed by atoms with Crippen molar-refractivity contribution in [2.24, 2.45) is 19.8 Å². The van der Waals surface area contributed by atoms with E-state index in [1.165, 1.54) is 4.57 Å². The number of aryl methyl sites for hydroxylation is 2. The maximum Gasteiger partial charge on any atom is 0.328 e. The molecule has 0 saturated carbocycles. The van der Waals surface area contributed by atoms with Gasteiger partial charge in [-0.2, -0.15) is 0 Å². The van der Waals surface area contributed by atoms with Crippen molar-refractivity contribution in [1.29, 1.82) is 0 Å². The highest BCUT2D eigenvalue weighted by Crippen LogP contribution is 2.17. The van der Waals surface area contributed by atoms with E-state index < -0.39 is 0 Å². The van der Waals surface area contributed by atoms with Gasteiger partial charge in [0.25, 0.3) is 0 Å². The molecule has 3 N–H and O–H groups in total. The van der Waals surface area contributed by atoms with Gasteiger partial charge >= 0.3 is 5.69 Å². The van der Waals surface area contributed by atoms with Crippen LogP contribution in [-0.2, 0) is 18.9 Å². The highest BCUT2D eigenvalue weighted by Gasteiger charge is 2.08. The van der Waals surface area contributed by atoms with E-state index in [4.69, 9.17) is 5.73 Å². The maximum absolute atomic E-state index is 11.7. The number of hydrogen-bond acceptors (Lipinski definition) is 3. The summed E-state index contributed by atoms with van der Waals surface area (Å²) in [6.45, 7) is -0.0637. The van der Waals surface area contributed by atoms with Gasteiger partial charge in [0.2, 0.25) is 5.91 Å². The van der Waals surface area contributed by atoms with E-state index in [1.54, 1.807) is 36.9 Å². The standard InChI is InChI=1S/C11H14N4O2/c1-14-8-4-3-7(13-10(16)6-12)5-9(8)15(2)11(14)17/h3-5H,6,12H2,1-2H3,(H,13,16). The number of nitrogens with one attached hydrogen (secondary N) is 1. The van der Waals surface area contributed by atoms with Crippen LogP contribution in [-0.4, -0.2) is 21.6 Å². The molecule has 6 nitrogen and oxygen atoms in total. The van der Waals surface area contributed by atoms with Crippen LogP contribution in [0.25, 0.3) is 11.0 Å². The first kappa shape index (κ1) is 11.4. The van der Waals surface area contributed by atoms with Crippen molar-refractivity contribution in [2.45, 2.75) is 0 Å². The molecule has 6 heteroatoms. The fourth-order valence-corrected chi connectivity index (χ4v) is 1.80. The SMILES string of the molecule is Cn1c(=O)n(C)c2cc(NC(=O)CN)ccc21. The van der Waals surface area contributed by atoms with Crippen LogP contribution in [0.3, 0.4) is 0 Å². The number of aromatic nitrogens is 2. The summed E-state index contributed by atoms with van der Waals surface area (Å²) in [5.74, 6) is -0.259. The Morgan fingerprint density at radius 1 is 1.29 bits per heavy atom. The van der Waals surface area contributed by atoms with Crippen LogP contribution in [0.15, 0.2) is 23.0 Å². The van der Waals surface area contributed by atoms with Crippen molar-refractivity contribution in [3.63, 3.8) is 0 Å². The van der Waals surface area contributed by atoms with Crippen LogP contribution < -0.4 is 16.7 Å². The number of nitrogens with zero attached hydrogens (tertiary/aromatic N) is 2. The number of anilines is 1. The molecule has 0 spiro atoms. The molecule has 1 aromatic carbocycles. The second-order valence-electron chi connectivity index (χ2n) is 3.86. The quantitative estimate of drug-likeness (QED) is 0.753. The number of carbonyl (C=O) groups excluding carboxylic acids is 1. The molecule has 1 heterocycles. The van der Waals surface area contributed by atoms with Crippen LogP contribution in [0.4, 0.5) is 5.69 Å². The van der Waals surface area contributed by atoms with Crippen LogP contribution in [0.2, 0.25) is 0 Å². The zero-order chi connectivity index (χ0) is 12.6. The normalized spacial score (nSPS) is 10.8. The minimum atomic E-state index is -0.259. The molecule has 1 aromatic heterocycles. The number of fused-ring (bicyclic) bond motifs is 1. The van der Waals surface area contributed by atoms with Gasteiger partial charge in [-0.3, -0.25) is 13.9 Å². The fourth-order valence-electron chi connectivity index (χ4n) is 1.80. The molecule has 2 rings (SSSR count). The Labute approximate surface area is 97.6 Å². The summed E-state index contributed by atoms with van der Waals surface area (Å²) in [5.41, 5.74) is 7.35. The molecule has 2 aromatic rings. The zero-order valence-corrected chi connectivity index (χ0v) is 9.73. The molecule has 0 radical (unpaired) electrons. The predicted octanol–water partition coefficient (Wildman–Crippen LogP) is -0.226. The van der Waals surface area contributed by atoms with Gasteiger partial charge in [-0.15, -0.1) is 0 Å². The minimum absolute atomic E-state index is 0.0637. The summed E-state index contributed by atoms with van der Waals surface area (Å²) < 4.78 is 3.09. The average molecular weight is 234 g/mol. The number of hydrogen-bond donors (Lipinski definition) is 2. The van der Waals surface area contributed by atoms with Gasteiger partial charge in [-0.1, -0.05) is 0 Å². The van der Waals surface area contributed by atoms with Crippen molar-refractivity contribution in [2.75, 3.05) is 11.9 Å². The van der Waals surface area contributed by atoms with Crippen LogP contribution in [0.1, 0.15) is 0 Å². The van der Waals surface area contributed by atoms with Gasteiger partial charge < -0.3 is 11.1 Å². The summed E-state index contributed by atoms with van der Waals surface area (Å²) in [6, 6.07) is 5.29. The molecule has 0 aliphatic rings. The van der Waals surface area contributed by atoms with E-state index in [-0.39, 0.29) is 18.1 Å².